The zero-order chi connectivity index (χ0) is 4.28. The van der Waals surface area contributed by atoms with Gasteiger partial charge in [0, 0.05) is 16.5 Å². The van der Waals surface area contributed by atoms with Gasteiger partial charge in [-0.1, -0.05) is 0 Å². The van der Waals surface area contributed by atoms with E-state index >= 15 is 0 Å². The van der Waals surface area contributed by atoms with E-state index in [0.29, 0.717) is 0 Å². The van der Waals surface area contributed by atoms with Crippen molar-refractivity contribution < 1.29 is 35.6 Å². The normalized spacial score (nSPS) is 5.50. The van der Waals surface area contributed by atoms with E-state index in [1.165, 1.54) is 0 Å². The molecule has 4 nitrogen and oxygen atoms in total. The Morgan fingerprint density at radius 1 is 1.67 bits per heavy atom. The monoisotopic (exact) mass is 152 g/mol. The molecule has 0 aliphatic rings. The molecule has 2 N–H and O–H groups in total. The summed E-state index contributed by atoms with van der Waals surface area (Å²) in [5, 5.41) is 7.13. The van der Waals surface area contributed by atoms with E-state index in [9.17, 15) is 0 Å². The van der Waals surface area contributed by atoms with Crippen molar-refractivity contribution in [2.24, 2.45) is 0 Å². The molecule has 0 heterocycles. The average molecular weight is 153 g/mol. The second kappa shape index (κ2) is 5.07. The minimum Gasteiger partial charge on any atom is -0.510 e. The molecule has 0 fully saturated rings. The first-order chi connectivity index (χ1) is 2.27. The molecule has 6 heteroatoms. The molecule has 0 radical (unpaired) electrons. The number of hydrogen-bond acceptors (Lipinski definition) is 3. The summed E-state index contributed by atoms with van der Waals surface area (Å²) in [5.74, 6) is 0. The Kier molecular flexibility index (Phi) is 7.96. The molecule has 0 saturated heterocycles. The molecule has 6 heavy (non-hydrogen) atoms. The van der Waals surface area contributed by atoms with Crippen molar-refractivity contribution in [3.05, 3.63) is 0 Å². The molecule has 0 aromatic heterocycles. The van der Waals surface area contributed by atoms with Gasteiger partial charge >= 0.3 is 9.17 Å². The van der Waals surface area contributed by atoms with E-state index in [0.717, 1.165) is 0 Å². The molecule has 0 atom stereocenters. The van der Waals surface area contributed by atoms with Crippen LogP contribution in [0.1, 0.15) is 0 Å². The van der Waals surface area contributed by atoms with Crippen LogP contribution in [-0.2, 0) is 25.5 Å². The molecule has 0 bridgehead atoms. The first-order valence-corrected chi connectivity index (χ1v) is 2.08. The molecular weight excluding hydrogens is 151 g/mol. The van der Waals surface area contributed by atoms with Crippen molar-refractivity contribution >= 4 is 9.17 Å². The van der Waals surface area contributed by atoms with Crippen molar-refractivity contribution in [2.45, 2.75) is 0 Å². The largest absolute Gasteiger partial charge is 0.798 e. The zero-order valence-corrected chi connectivity index (χ0v) is 4.51. The van der Waals surface area contributed by atoms with Gasteiger partial charge in [-0.05, 0) is 0 Å². The van der Waals surface area contributed by atoms with Crippen molar-refractivity contribution in [3.8, 4) is 0 Å². The van der Waals surface area contributed by atoms with Crippen LogP contribution in [-0.4, -0.2) is 19.2 Å². The van der Waals surface area contributed by atoms with Gasteiger partial charge in [0.1, 0.15) is 0 Å². The Hall–Kier alpha value is 0.0704. The maximum Gasteiger partial charge on any atom is 0.798 e. The Balaban J connectivity index is 0. The molecule has 0 aromatic rings. The van der Waals surface area contributed by atoms with Crippen LogP contribution in [0.3, 0.4) is 0 Å². The summed E-state index contributed by atoms with van der Waals surface area (Å²) in [7, 11) is -3.07. The first-order valence-electron chi connectivity index (χ1n) is 0.814. The van der Waals surface area contributed by atoms with Gasteiger partial charge in [0.25, 0.3) is 0 Å². The quantitative estimate of drug-likeness (QED) is 0.284. The molecule has 0 rings (SSSR count). The van der Waals surface area contributed by atoms with Gasteiger partial charge in [0.05, 0.1) is 0 Å². The van der Waals surface area contributed by atoms with Crippen molar-refractivity contribution in [1.29, 1.82) is 0 Å². The van der Waals surface area contributed by atoms with E-state index in [4.69, 9.17) is 14.5 Å². The fourth-order valence-corrected chi connectivity index (χ4v) is 0. The Morgan fingerprint density at radius 2 is 1.83 bits per heavy atom. The smallest absolute Gasteiger partial charge is 0.510 e. The van der Waals surface area contributed by atoms with Crippen LogP contribution < -0.4 is 0 Å². The van der Waals surface area contributed by atoms with E-state index in [1.54, 1.807) is 0 Å². The Bertz CT molecular complexity index is 42.8. The third kappa shape index (κ3) is 8.95. The predicted molar refractivity (Wildman–Crippen MR) is 12.4 cm³/mol. The number of rotatable bonds is 1. The minimum absolute atomic E-state index is 0. The molecule has 0 aliphatic heterocycles. The summed E-state index contributed by atoms with van der Waals surface area (Å²) in [4.78, 5) is 7.44. The van der Waals surface area contributed by atoms with E-state index < -0.39 is 9.17 Å². The average Bonchev–Trinajstić information content (AvgIpc) is 1.38. The van der Waals surface area contributed by atoms with Crippen LogP contribution >= 0.6 is 0 Å². The molecule has 0 amide bonds. The predicted octanol–water partition coefficient (Wildman–Crippen LogP) is -1.12. The van der Waals surface area contributed by atoms with Gasteiger partial charge in [-0.15, -0.1) is 0 Å². The van der Waals surface area contributed by atoms with E-state index in [2.05, 4.69) is 4.58 Å². The third-order valence-electron chi connectivity index (χ3n) is 0.0781. The summed E-state index contributed by atoms with van der Waals surface area (Å²) in [6.07, 6.45) is 0. The summed E-state index contributed by atoms with van der Waals surface area (Å²) in [5.41, 5.74) is 0. The van der Waals surface area contributed by atoms with Gasteiger partial charge in [0.15, 0.2) is 0 Å². The second-order valence-electron chi connectivity index (χ2n) is 0.357. The van der Waals surface area contributed by atoms with Crippen LogP contribution in [0.5, 0.6) is 0 Å². The van der Waals surface area contributed by atoms with Crippen LogP contribution in [0.2, 0.25) is 0 Å². The molecule has 0 saturated carbocycles. The van der Waals surface area contributed by atoms with Gasteiger partial charge in [-0.25, -0.2) is 5.26 Å². The SMILES string of the molecule is O=[Si](O)OO.[Ni]. The zero-order valence-electron chi connectivity index (χ0n) is 2.53. The van der Waals surface area contributed by atoms with Crippen LogP contribution in [0.4, 0.5) is 0 Å². The molecule has 40 valence electrons. The fraction of sp³-hybridized carbons (Fsp3) is 0. The van der Waals surface area contributed by atoms with Crippen LogP contribution in [0.15, 0.2) is 0 Å². The first kappa shape index (κ1) is 9.42. The van der Waals surface area contributed by atoms with Gasteiger partial charge in [-0.3, -0.25) is 4.46 Å². The van der Waals surface area contributed by atoms with Crippen molar-refractivity contribution in [1.82, 2.24) is 0 Å². The van der Waals surface area contributed by atoms with Crippen LogP contribution in [0.25, 0.3) is 0 Å². The fourth-order valence-electron chi connectivity index (χ4n) is 0. The molecule has 0 aromatic carbocycles. The molecular formula is H2NiO4Si. The van der Waals surface area contributed by atoms with Crippen molar-refractivity contribution in [2.75, 3.05) is 0 Å². The maximum absolute atomic E-state index is 9.08. The third-order valence-corrected chi connectivity index (χ3v) is 0.234. The standard InChI is InChI=1S/Ni.H2O4Si/c;1-4-5(2)3/h;1-2H. The Morgan fingerprint density at radius 3 is 1.83 bits per heavy atom. The van der Waals surface area contributed by atoms with E-state index in [-0.39, 0.29) is 16.5 Å². The second-order valence-corrected chi connectivity index (χ2v) is 1.07. The van der Waals surface area contributed by atoms with E-state index in [1.807, 2.05) is 0 Å². The molecule has 0 unspecified atom stereocenters. The summed E-state index contributed by atoms with van der Waals surface area (Å²) >= 11 is 0. The summed E-state index contributed by atoms with van der Waals surface area (Å²) < 4.78 is 11.9. The summed E-state index contributed by atoms with van der Waals surface area (Å²) in [6, 6.07) is 0. The maximum atomic E-state index is 9.08. The molecule has 0 spiro atoms. The summed E-state index contributed by atoms with van der Waals surface area (Å²) in [6.45, 7) is 0. The van der Waals surface area contributed by atoms with Crippen molar-refractivity contribution in [3.63, 3.8) is 0 Å². The Labute approximate surface area is 45.5 Å². The topological polar surface area (TPSA) is 66.8 Å². The molecule has 0 aliphatic carbocycles. The number of hydrogen-bond donors (Lipinski definition) is 2. The van der Waals surface area contributed by atoms with Gasteiger partial charge in [-0.2, -0.15) is 0 Å². The minimum atomic E-state index is -3.07. The van der Waals surface area contributed by atoms with Gasteiger partial charge in [0.2, 0.25) is 0 Å². The van der Waals surface area contributed by atoms with Crippen LogP contribution in [0, 0.1) is 0 Å². The van der Waals surface area contributed by atoms with Gasteiger partial charge < -0.3 is 9.37 Å².